The lowest BCUT2D eigenvalue weighted by Crippen LogP contribution is -2.23. The molecule has 0 spiro atoms. The molecule has 1 aliphatic heterocycles. The lowest BCUT2D eigenvalue weighted by Gasteiger charge is -2.11. The first kappa shape index (κ1) is 11.2. The largest absolute Gasteiger partial charge is 0.314 e. The molecule has 3 nitrogen and oxygen atoms in total. The highest BCUT2D eigenvalue weighted by Crippen LogP contribution is 2.27. The number of nitrogens with one attached hydrogen (secondary N) is 1. The summed E-state index contributed by atoms with van der Waals surface area (Å²) in [6.07, 6.45) is 3.69. The molecule has 0 bridgehead atoms. The number of aromatic nitrogens is 2. The summed E-state index contributed by atoms with van der Waals surface area (Å²) in [5.41, 5.74) is 2.65. The second kappa shape index (κ2) is 4.42. The van der Waals surface area contributed by atoms with Gasteiger partial charge in [-0.2, -0.15) is 5.10 Å². The van der Waals surface area contributed by atoms with Crippen LogP contribution in [0.4, 0.5) is 0 Å². The molecule has 1 saturated heterocycles. The zero-order valence-electron chi connectivity index (χ0n) is 9.91. The number of hydrogen-bond acceptors (Lipinski definition) is 2. The second-order valence-corrected chi connectivity index (χ2v) is 5.48. The maximum absolute atomic E-state index is 4.44. The highest BCUT2D eigenvalue weighted by atomic mass is 79.9. The molecule has 1 aromatic carbocycles. The standard InChI is InChI=1S/C13H16BrN3/c1-17-12-9(8-10-5-3-7-15-10)4-2-6-11(12)13(14)16-17/h2,4,6,10,15H,3,5,7-8H2,1H3. The van der Waals surface area contributed by atoms with Gasteiger partial charge in [0.05, 0.1) is 5.52 Å². The van der Waals surface area contributed by atoms with Gasteiger partial charge in [0.2, 0.25) is 0 Å². The van der Waals surface area contributed by atoms with Crippen LogP contribution < -0.4 is 5.32 Å². The number of fused-ring (bicyclic) bond motifs is 1. The minimum absolute atomic E-state index is 0.634. The fourth-order valence-electron chi connectivity index (χ4n) is 2.74. The van der Waals surface area contributed by atoms with Crippen molar-refractivity contribution < 1.29 is 0 Å². The van der Waals surface area contributed by atoms with Crippen LogP contribution in [0.25, 0.3) is 10.9 Å². The van der Waals surface area contributed by atoms with Gasteiger partial charge in [-0.05, 0) is 47.3 Å². The summed E-state index contributed by atoms with van der Waals surface area (Å²) in [5, 5.41) is 9.20. The summed E-state index contributed by atoms with van der Waals surface area (Å²) in [5.74, 6) is 0. The molecule has 1 aromatic heterocycles. The lowest BCUT2D eigenvalue weighted by atomic mass is 10.0. The zero-order valence-corrected chi connectivity index (χ0v) is 11.5. The van der Waals surface area contributed by atoms with Crippen molar-refractivity contribution in [2.24, 2.45) is 7.05 Å². The molecule has 3 rings (SSSR count). The molecule has 0 saturated carbocycles. The van der Waals surface area contributed by atoms with Crippen molar-refractivity contribution in [1.29, 1.82) is 0 Å². The van der Waals surface area contributed by atoms with Gasteiger partial charge in [0.15, 0.2) is 0 Å². The quantitative estimate of drug-likeness (QED) is 0.923. The summed E-state index contributed by atoms with van der Waals surface area (Å²) in [6.45, 7) is 1.16. The Hall–Kier alpha value is -0.870. The van der Waals surface area contributed by atoms with Gasteiger partial charge in [0.1, 0.15) is 4.60 Å². The van der Waals surface area contributed by atoms with E-state index in [2.05, 4.69) is 44.5 Å². The predicted octanol–water partition coefficient (Wildman–Crippen LogP) is 2.63. The topological polar surface area (TPSA) is 29.9 Å². The molecule has 1 atom stereocenters. The predicted molar refractivity (Wildman–Crippen MR) is 73.1 cm³/mol. The van der Waals surface area contributed by atoms with Crippen molar-refractivity contribution >= 4 is 26.8 Å². The van der Waals surface area contributed by atoms with Crippen molar-refractivity contribution in [2.75, 3.05) is 6.54 Å². The molecule has 17 heavy (non-hydrogen) atoms. The molecule has 4 heteroatoms. The van der Waals surface area contributed by atoms with Crippen LogP contribution in [-0.2, 0) is 13.5 Å². The minimum atomic E-state index is 0.634. The molecule has 0 radical (unpaired) electrons. The van der Waals surface area contributed by atoms with Crippen molar-refractivity contribution in [1.82, 2.24) is 15.1 Å². The Morgan fingerprint density at radius 2 is 2.41 bits per heavy atom. The smallest absolute Gasteiger partial charge is 0.135 e. The molecule has 2 heterocycles. The molecular weight excluding hydrogens is 278 g/mol. The van der Waals surface area contributed by atoms with E-state index in [1.54, 1.807) is 0 Å². The van der Waals surface area contributed by atoms with E-state index in [4.69, 9.17) is 0 Å². The molecular formula is C13H16BrN3. The van der Waals surface area contributed by atoms with E-state index in [1.807, 2.05) is 11.7 Å². The average Bonchev–Trinajstić information content (AvgIpc) is 2.90. The Bertz CT molecular complexity index is 541. The van der Waals surface area contributed by atoms with Crippen molar-refractivity contribution in [3.05, 3.63) is 28.4 Å². The highest BCUT2D eigenvalue weighted by Gasteiger charge is 2.17. The van der Waals surface area contributed by atoms with Crippen LogP contribution in [0.5, 0.6) is 0 Å². The monoisotopic (exact) mass is 293 g/mol. The molecule has 1 aliphatic rings. The van der Waals surface area contributed by atoms with E-state index >= 15 is 0 Å². The van der Waals surface area contributed by atoms with Crippen LogP contribution in [0.2, 0.25) is 0 Å². The Labute approximate surface area is 109 Å². The summed E-state index contributed by atoms with van der Waals surface area (Å²) >= 11 is 3.52. The van der Waals surface area contributed by atoms with Crippen molar-refractivity contribution in [3.8, 4) is 0 Å². The summed E-state index contributed by atoms with van der Waals surface area (Å²) in [6, 6.07) is 7.10. The van der Waals surface area contributed by atoms with Gasteiger partial charge in [0, 0.05) is 18.5 Å². The van der Waals surface area contributed by atoms with Gasteiger partial charge in [-0.3, -0.25) is 4.68 Å². The number of para-hydroxylation sites is 1. The third-order valence-corrected chi connectivity index (χ3v) is 4.12. The first-order valence-corrected chi connectivity index (χ1v) is 6.88. The molecule has 2 aromatic rings. The zero-order chi connectivity index (χ0) is 11.8. The molecule has 90 valence electrons. The van der Waals surface area contributed by atoms with E-state index in [-0.39, 0.29) is 0 Å². The van der Waals surface area contributed by atoms with Crippen LogP contribution in [0.1, 0.15) is 18.4 Å². The summed E-state index contributed by atoms with van der Waals surface area (Å²) < 4.78 is 2.92. The Balaban J connectivity index is 2.03. The molecule has 1 unspecified atom stereocenters. The minimum Gasteiger partial charge on any atom is -0.314 e. The third kappa shape index (κ3) is 2.00. The number of benzene rings is 1. The molecule has 1 N–H and O–H groups in total. The number of aryl methyl sites for hydroxylation is 1. The van der Waals surface area contributed by atoms with Crippen LogP contribution in [-0.4, -0.2) is 22.4 Å². The first-order chi connectivity index (χ1) is 8.25. The third-order valence-electron chi connectivity index (χ3n) is 3.53. The lowest BCUT2D eigenvalue weighted by molar-refractivity contribution is 0.603. The Morgan fingerprint density at radius 1 is 1.53 bits per heavy atom. The highest BCUT2D eigenvalue weighted by molar-refractivity contribution is 9.10. The molecule has 0 aliphatic carbocycles. The van der Waals surface area contributed by atoms with E-state index < -0.39 is 0 Å². The van der Waals surface area contributed by atoms with Gasteiger partial charge >= 0.3 is 0 Å². The second-order valence-electron chi connectivity index (χ2n) is 4.73. The fourth-order valence-corrected chi connectivity index (χ4v) is 3.29. The number of hydrogen-bond donors (Lipinski definition) is 1. The SMILES string of the molecule is Cn1nc(Br)c2cccc(CC3CCCN3)c21. The van der Waals surface area contributed by atoms with E-state index in [0.717, 1.165) is 17.6 Å². The fraction of sp³-hybridized carbons (Fsp3) is 0.462. The molecule has 1 fully saturated rings. The van der Waals surface area contributed by atoms with Crippen LogP contribution in [0, 0.1) is 0 Å². The van der Waals surface area contributed by atoms with E-state index in [0.29, 0.717) is 6.04 Å². The Morgan fingerprint density at radius 3 is 3.18 bits per heavy atom. The summed E-state index contributed by atoms with van der Waals surface area (Å²) in [7, 11) is 2.01. The average molecular weight is 294 g/mol. The Kier molecular flexibility index (Phi) is 2.92. The normalized spacial score (nSPS) is 20.2. The van der Waals surface area contributed by atoms with Crippen LogP contribution >= 0.6 is 15.9 Å². The van der Waals surface area contributed by atoms with Crippen LogP contribution in [0.3, 0.4) is 0 Å². The number of rotatable bonds is 2. The van der Waals surface area contributed by atoms with Gasteiger partial charge in [-0.1, -0.05) is 18.2 Å². The van der Waals surface area contributed by atoms with E-state index in [1.165, 1.54) is 29.3 Å². The van der Waals surface area contributed by atoms with Gasteiger partial charge in [-0.25, -0.2) is 0 Å². The number of halogens is 1. The summed E-state index contributed by atoms with van der Waals surface area (Å²) in [4.78, 5) is 0. The maximum atomic E-state index is 4.44. The van der Waals surface area contributed by atoms with Crippen LogP contribution in [0.15, 0.2) is 22.8 Å². The van der Waals surface area contributed by atoms with E-state index in [9.17, 15) is 0 Å². The van der Waals surface area contributed by atoms with Gasteiger partial charge in [-0.15, -0.1) is 0 Å². The maximum Gasteiger partial charge on any atom is 0.135 e. The first-order valence-electron chi connectivity index (χ1n) is 6.09. The van der Waals surface area contributed by atoms with Crippen molar-refractivity contribution in [2.45, 2.75) is 25.3 Å². The number of nitrogens with zero attached hydrogens (tertiary/aromatic N) is 2. The van der Waals surface area contributed by atoms with Gasteiger partial charge in [0.25, 0.3) is 0 Å². The van der Waals surface area contributed by atoms with Crippen molar-refractivity contribution in [3.63, 3.8) is 0 Å². The molecule has 0 amide bonds. The van der Waals surface area contributed by atoms with Gasteiger partial charge < -0.3 is 5.32 Å².